The Kier molecular flexibility index (Phi) is 3.83. The smallest absolute Gasteiger partial charge is 0.145 e. The van der Waals surface area contributed by atoms with Gasteiger partial charge in [0.1, 0.15) is 17.9 Å². The van der Waals surface area contributed by atoms with Gasteiger partial charge in [0.25, 0.3) is 0 Å². The lowest BCUT2D eigenvalue weighted by Gasteiger charge is -2.05. The van der Waals surface area contributed by atoms with Crippen molar-refractivity contribution in [2.75, 3.05) is 12.4 Å². The zero-order valence-electron chi connectivity index (χ0n) is 8.84. The minimum absolute atomic E-state index is 0.552. The van der Waals surface area contributed by atoms with Gasteiger partial charge in [0, 0.05) is 17.3 Å². The van der Waals surface area contributed by atoms with Gasteiger partial charge in [-0.05, 0) is 12.1 Å². The summed E-state index contributed by atoms with van der Waals surface area (Å²) in [6.07, 6.45) is 5.69. The average molecular weight is 231 g/mol. The van der Waals surface area contributed by atoms with E-state index in [1.54, 1.807) is 6.20 Å². The van der Waals surface area contributed by atoms with Crippen molar-refractivity contribution in [1.29, 1.82) is 0 Å². The van der Waals surface area contributed by atoms with Crippen LogP contribution >= 0.6 is 12.6 Å². The van der Waals surface area contributed by atoms with Crippen LogP contribution in [0, 0.1) is 0 Å². The molecule has 2 aromatic rings. The van der Waals surface area contributed by atoms with Gasteiger partial charge >= 0.3 is 0 Å². The summed E-state index contributed by atoms with van der Waals surface area (Å²) in [5.74, 6) is 1.55. The number of para-hydroxylation sites is 1. The number of hydrogen-bond donors (Lipinski definition) is 1. The average Bonchev–Trinajstić information content (AvgIpc) is 2.35. The zero-order chi connectivity index (χ0) is 11.2. The maximum absolute atomic E-state index is 5.64. The number of pyridine rings is 1. The molecule has 1 aromatic heterocycles. The molecule has 0 saturated carbocycles. The number of fused-ring (bicyclic) bond motifs is 1. The van der Waals surface area contributed by atoms with Gasteiger partial charge in [-0.2, -0.15) is 12.6 Å². The SMILES string of the molecule is SCC=CCOc1cccc2cccnc12. The summed E-state index contributed by atoms with van der Waals surface area (Å²) in [6, 6.07) is 9.88. The lowest BCUT2D eigenvalue weighted by molar-refractivity contribution is 0.366. The molecule has 0 saturated heterocycles. The maximum Gasteiger partial charge on any atom is 0.145 e. The van der Waals surface area contributed by atoms with Gasteiger partial charge in [0.2, 0.25) is 0 Å². The normalized spacial score (nSPS) is 11.1. The van der Waals surface area contributed by atoms with Crippen LogP contribution in [0.2, 0.25) is 0 Å². The monoisotopic (exact) mass is 231 g/mol. The topological polar surface area (TPSA) is 22.1 Å². The van der Waals surface area contributed by atoms with E-state index in [9.17, 15) is 0 Å². The number of nitrogens with zero attached hydrogens (tertiary/aromatic N) is 1. The largest absolute Gasteiger partial charge is 0.487 e. The highest BCUT2D eigenvalue weighted by molar-refractivity contribution is 7.80. The van der Waals surface area contributed by atoms with Crippen LogP contribution in [0.1, 0.15) is 0 Å². The Bertz CT molecular complexity index is 491. The van der Waals surface area contributed by atoms with Gasteiger partial charge in [-0.3, -0.25) is 4.98 Å². The lowest BCUT2D eigenvalue weighted by atomic mass is 10.2. The van der Waals surface area contributed by atoms with Crippen LogP contribution in [0.5, 0.6) is 5.75 Å². The predicted molar refractivity (Wildman–Crippen MR) is 70.2 cm³/mol. The molecule has 16 heavy (non-hydrogen) atoms. The number of thiol groups is 1. The first kappa shape index (κ1) is 11.0. The molecule has 2 rings (SSSR count). The molecule has 0 aliphatic carbocycles. The number of benzene rings is 1. The van der Waals surface area contributed by atoms with Crippen molar-refractivity contribution in [3.8, 4) is 5.75 Å². The molecular weight excluding hydrogens is 218 g/mol. The Balaban J connectivity index is 2.20. The van der Waals surface area contributed by atoms with E-state index >= 15 is 0 Å². The Morgan fingerprint density at radius 1 is 1.19 bits per heavy atom. The van der Waals surface area contributed by atoms with Crippen molar-refractivity contribution < 1.29 is 4.74 Å². The summed E-state index contributed by atoms with van der Waals surface area (Å²) < 4.78 is 5.64. The molecule has 0 bridgehead atoms. The van der Waals surface area contributed by atoms with Gasteiger partial charge in [0.15, 0.2) is 0 Å². The second-order valence-electron chi connectivity index (χ2n) is 3.30. The molecule has 0 aliphatic heterocycles. The molecule has 0 atom stereocenters. The van der Waals surface area contributed by atoms with Crippen LogP contribution in [0.4, 0.5) is 0 Å². The van der Waals surface area contributed by atoms with E-state index in [4.69, 9.17) is 4.74 Å². The van der Waals surface area contributed by atoms with Crippen LogP contribution in [0.3, 0.4) is 0 Å². The third kappa shape index (κ3) is 2.55. The minimum atomic E-state index is 0.552. The zero-order valence-corrected chi connectivity index (χ0v) is 9.73. The standard InChI is InChI=1S/C13H13NOS/c16-10-2-1-9-15-12-7-3-5-11-6-4-8-14-13(11)12/h1-8,16H,9-10H2. The second kappa shape index (κ2) is 5.56. The summed E-state index contributed by atoms with van der Waals surface area (Å²) >= 11 is 4.09. The molecule has 0 fully saturated rings. The summed E-state index contributed by atoms with van der Waals surface area (Å²) in [6.45, 7) is 0.552. The van der Waals surface area contributed by atoms with Gasteiger partial charge in [-0.15, -0.1) is 0 Å². The van der Waals surface area contributed by atoms with Crippen molar-refractivity contribution >= 4 is 23.5 Å². The molecule has 3 heteroatoms. The predicted octanol–water partition coefficient (Wildman–Crippen LogP) is 3.10. The molecule has 0 N–H and O–H groups in total. The first-order chi connectivity index (χ1) is 7.92. The summed E-state index contributed by atoms with van der Waals surface area (Å²) in [5, 5.41) is 1.10. The molecule has 0 spiro atoms. The van der Waals surface area contributed by atoms with Crippen molar-refractivity contribution in [3.05, 3.63) is 48.7 Å². The van der Waals surface area contributed by atoms with E-state index in [2.05, 4.69) is 17.6 Å². The Morgan fingerprint density at radius 3 is 2.94 bits per heavy atom. The first-order valence-electron chi connectivity index (χ1n) is 5.14. The van der Waals surface area contributed by atoms with Crippen molar-refractivity contribution in [2.24, 2.45) is 0 Å². The molecule has 1 heterocycles. The Hall–Kier alpha value is -1.48. The van der Waals surface area contributed by atoms with E-state index in [0.717, 1.165) is 22.4 Å². The van der Waals surface area contributed by atoms with Gasteiger partial charge < -0.3 is 4.74 Å². The highest BCUT2D eigenvalue weighted by Gasteiger charge is 2.00. The van der Waals surface area contributed by atoms with E-state index in [0.29, 0.717) is 6.61 Å². The molecular formula is C13H13NOS. The van der Waals surface area contributed by atoms with E-state index in [1.165, 1.54) is 0 Å². The minimum Gasteiger partial charge on any atom is -0.487 e. The summed E-state index contributed by atoms with van der Waals surface area (Å²) in [5.41, 5.74) is 0.907. The molecule has 1 aromatic carbocycles. The van der Waals surface area contributed by atoms with E-state index < -0.39 is 0 Å². The van der Waals surface area contributed by atoms with Crippen molar-refractivity contribution in [1.82, 2.24) is 4.98 Å². The molecule has 0 unspecified atom stereocenters. The van der Waals surface area contributed by atoms with Crippen LogP contribution in [-0.4, -0.2) is 17.3 Å². The van der Waals surface area contributed by atoms with E-state index in [1.807, 2.05) is 42.5 Å². The van der Waals surface area contributed by atoms with Gasteiger partial charge in [-0.1, -0.05) is 30.4 Å². The highest BCUT2D eigenvalue weighted by Crippen LogP contribution is 2.22. The summed E-state index contributed by atoms with van der Waals surface area (Å²) in [4.78, 5) is 4.32. The van der Waals surface area contributed by atoms with Gasteiger partial charge in [0.05, 0.1) is 0 Å². The molecule has 2 nitrogen and oxygen atoms in total. The lowest BCUT2D eigenvalue weighted by Crippen LogP contribution is -1.95. The molecule has 82 valence electrons. The number of hydrogen-bond acceptors (Lipinski definition) is 3. The Morgan fingerprint density at radius 2 is 2.06 bits per heavy atom. The highest BCUT2D eigenvalue weighted by atomic mass is 32.1. The Labute approximate surface area is 100 Å². The fourth-order valence-corrected chi connectivity index (χ4v) is 1.62. The first-order valence-corrected chi connectivity index (χ1v) is 5.77. The molecule has 0 aliphatic rings. The number of rotatable bonds is 4. The number of aromatic nitrogens is 1. The van der Waals surface area contributed by atoms with Crippen LogP contribution in [-0.2, 0) is 0 Å². The number of ether oxygens (including phenoxy) is 1. The van der Waals surface area contributed by atoms with Crippen LogP contribution < -0.4 is 4.74 Å². The fourth-order valence-electron chi connectivity index (χ4n) is 1.47. The van der Waals surface area contributed by atoms with Gasteiger partial charge in [-0.25, -0.2) is 0 Å². The quantitative estimate of drug-likeness (QED) is 0.645. The maximum atomic E-state index is 5.64. The van der Waals surface area contributed by atoms with Crippen LogP contribution in [0.15, 0.2) is 48.7 Å². The molecule has 0 radical (unpaired) electrons. The molecule has 0 amide bonds. The van der Waals surface area contributed by atoms with Crippen molar-refractivity contribution in [2.45, 2.75) is 0 Å². The second-order valence-corrected chi connectivity index (χ2v) is 3.66. The van der Waals surface area contributed by atoms with Crippen LogP contribution in [0.25, 0.3) is 10.9 Å². The third-order valence-corrected chi connectivity index (χ3v) is 2.41. The summed E-state index contributed by atoms with van der Waals surface area (Å²) in [7, 11) is 0. The third-order valence-electron chi connectivity index (χ3n) is 2.20. The fraction of sp³-hybridized carbons (Fsp3) is 0.154. The van der Waals surface area contributed by atoms with Crippen molar-refractivity contribution in [3.63, 3.8) is 0 Å². The van der Waals surface area contributed by atoms with E-state index in [-0.39, 0.29) is 0 Å².